The number of hydrogen-bond donors (Lipinski definition) is 2. The number of halogens is 1. The van der Waals surface area contributed by atoms with Crippen molar-refractivity contribution < 1.29 is 4.79 Å². The molecule has 1 saturated heterocycles. The molecule has 0 aliphatic carbocycles. The van der Waals surface area contributed by atoms with Crippen molar-refractivity contribution in [1.29, 1.82) is 0 Å². The fourth-order valence-electron chi connectivity index (χ4n) is 2.46. The van der Waals surface area contributed by atoms with E-state index >= 15 is 0 Å². The predicted molar refractivity (Wildman–Crippen MR) is 80.9 cm³/mol. The van der Waals surface area contributed by atoms with Crippen molar-refractivity contribution in [1.82, 2.24) is 10.6 Å². The van der Waals surface area contributed by atoms with Gasteiger partial charge in [-0.1, -0.05) is 35.0 Å². The van der Waals surface area contributed by atoms with Gasteiger partial charge in [0.25, 0.3) is 0 Å². The first-order valence-corrected chi connectivity index (χ1v) is 7.65. The maximum absolute atomic E-state index is 12.2. The van der Waals surface area contributed by atoms with E-state index in [1.54, 1.807) is 0 Å². The summed E-state index contributed by atoms with van der Waals surface area (Å²) >= 11 is 3.42. The zero-order chi connectivity index (χ0) is 13.8. The number of rotatable bonds is 3. The maximum Gasteiger partial charge on any atom is 0.237 e. The smallest absolute Gasteiger partial charge is 0.237 e. The Kier molecular flexibility index (Phi) is 4.99. The van der Waals surface area contributed by atoms with Crippen LogP contribution in [0.2, 0.25) is 0 Å². The molecule has 2 rings (SSSR count). The Morgan fingerprint density at radius 1 is 1.42 bits per heavy atom. The van der Waals surface area contributed by atoms with Gasteiger partial charge in [-0.3, -0.25) is 4.79 Å². The lowest BCUT2D eigenvalue weighted by Crippen LogP contribution is -2.48. The van der Waals surface area contributed by atoms with Gasteiger partial charge in [-0.15, -0.1) is 0 Å². The molecule has 1 amide bonds. The normalized spacial score (nSPS) is 24.8. The minimum atomic E-state index is -0.0401. The van der Waals surface area contributed by atoms with E-state index in [1.165, 1.54) is 0 Å². The summed E-state index contributed by atoms with van der Waals surface area (Å²) < 4.78 is 1.05. The fourth-order valence-corrected chi connectivity index (χ4v) is 2.72. The monoisotopic (exact) mass is 324 g/mol. The fraction of sp³-hybridized carbons (Fsp3) is 0.533. The molecule has 3 atom stereocenters. The third-order valence-corrected chi connectivity index (χ3v) is 4.24. The molecule has 1 fully saturated rings. The Morgan fingerprint density at radius 3 is 2.74 bits per heavy atom. The molecule has 0 aromatic heterocycles. The first-order chi connectivity index (χ1) is 9.06. The number of hydrogen-bond acceptors (Lipinski definition) is 2. The number of amides is 1. The number of piperidine rings is 1. The van der Waals surface area contributed by atoms with Crippen LogP contribution in [0.4, 0.5) is 0 Å². The summed E-state index contributed by atoms with van der Waals surface area (Å²) in [5.74, 6) is 0.738. The summed E-state index contributed by atoms with van der Waals surface area (Å²) in [6, 6.07) is 8.07. The third kappa shape index (κ3) is 4.05. The Bertz CT molecular complexity index is 432. The number of nitrogens with one attached hydrogen (secondary N) is 2. The summed E-state index contributed by atoms with van der Waals surface area (Å²) in [4.78, 5) is 12.2. The lowest BCUT2D eigenvalue weighted by Gasteiger charge is -2.28. The van der Waals surface area contributed by atoms with Crippen LogP contribution in [0.3, 0.4) is 0 Å². The van der Waals surface area contributed by atoms with Gasteiger partial charge >= 0.3 is 0 Å². The van der Waals surface area contributed by atoms with E-state index in [-0.39, 0.29) is 18.0 Å². The lowest BCUT2D eigenvalue weighted by molar-refractivity contribution is -0.124. The van der Waals surface area contributed by atoms with Crippen molar-refractivity contribution in [3.63, 3.8) is 0 Å². The average molecular weight is 325 g/mol. The molecule has 0 spiro atoms. The Labute approximate surface area is 123 Å². The van der Waals surface area contributed by atoms with Gasteiger partial charge in [0.1, 0.15) is 0 Å². The van der Waals surface area contributed by atoms with Crippen molar-refractivity contribution in [3.05, 3.63) is 34.3 Å². The van der Waals surface area contributed by atoms with Crippen molar-refractivity contribution in [2.75, 3.05) is 6.54 Å². The van der Waals surface area contributed by atoms with Gasteiger partial charge in [0, 0.05) is 4.47 Å². The molecule has 1 heterocycles. The molecule has 0 bridgehead atoms. The zero-order valence-electron chi connectivity index (χ0n) is 11.4. The van der Waals surface area contributed by atoms with Crippen LogP contribution in [0.15, 0.2) is 28.7 Å². The molecule has 1 aromatic carbocycles. The molecular weight excluding hydrogens is 304 g/mol. The molecule has 3 nitrogen and oxygen atoms in total. The van der Waals surface area contributed by atoms with E-state index in [4.69, 9.17) is 0 Å². The molecule has 0 radical (unpaired) electrons. The van der Waals surface area contributed by atoms with Gasteiger partial charge in [-0.05, 0) is 49.9 Å². The molecule has 0 saturated carbocycles. The van der Waals surface area contributed by atoms with Gasteiger partial charge in [0.15, 0.2) is 0 Å². The second kappa shape index (κ2) is 6.53. The standard InChI is InChI=1S/C15H21BrN2O/c1-10-7-8-17-14(9-10)15(19)18-11(2)12-3-5-13(16)6-4-12/h3-6,10-11,14,17H,7-9H2,1-2H3,(H,18,19)/t10?,11-,14?/m0/s1. The molecule has 1 aromatic rings. The van der Waals surface area contributed by atoms with Crippen LogP contribution in [0.1, 0.15) is 38.3 Å². The van der Waals surface area contributed by atoms with Crippen LogP contribution in [0.5, 0.6) is 0 Å². The second-order valence-corrected chi connectivity index (χ2v) is 6.33. The van der Waals surface area contributed by atoms with Crippen molar-refractivity contribution in [2.45, 2.75) is 38.8 Å². The van der Waals surface area contributed by atoms with Crippen LogP contribution in [-0.4, -0.2) is 18.5 Å². The summed E-state index contributed by atoms with van der Waals surface area (Å²) in [5.41, 5.74) is 1.13. The van der Waals surface area contributed by atoms with E-state index in [1.807, 2.05) is 31.2 Å². The van der Waals surface area contributed by atoms with Crippen molar-refractivity contribution >= 4 is 21.8 Å². The maximum atomic E-state index is 12.2. The molecule has 4 heteroatoms. The van der Waals surface area contributed by atoms with E-state index in [2.05, 4.69) is 33.5 Å². The highest BCUT2D eigenvalue weighted by molar-refractivity contribution is 9.10. The van der Waals surface area contributed by atoms with Crippen LogP contribution < -0.4 is 10.6 Å². The molecule has 19 heavy (non-hydrogen) atoms. The Morgan fingerprint density at radius 2 is 2.11 bits per heavy atom. The highest BCUT2D eigenvalue weighted by Crippen LogP contribution is 2.18. The molecule has 1 aliphatic rings. The zero-order valence-corrected chi connectivity index (χ0v) is 13.0. The quantitative estimate of drug-likeness (QED) is 0.897. The van der Waals surface area contributed by atoms with E-state index in [9.17, 15) is 4.79 Å². The topological polar surface area (TPSA) is 41.1 Å². The van der Waals surface area contributed by atoms with Crippen molar-refractivity contribution in [2.24, 2.45) is 5.92 Å². The summed E-state index contributed by atoms with van der Waals surface area (Å²) in [6.07, 6.45) is 2.09. The highest BCUT2D eigenvalue weighted by atomic mass is 79.9. The average Bonchev–Trinajstić information content (AvgIpc) is 2.39. The Hall–Kier alpha value is -0.870. The van der Waals surface area contributed by atoms with Crippen LogP contribution in [0.25, 0.3) is 0 Å². The molecule has 104 valence electrons. The number of carbonyl (C=O) groups excluding carboxylic acids is 1. The molecular formula is C15H21BrN2O. The van der Waals surface area contributed by atoms with Gasteiger partial charge in [0.2, 0.25) is 5.91 Å². The first kappa shape index (κ1) is 14.5. The van der Waals surface area contributed by atoms with Gasteiger partial charge in [0.05, 0.1) is 12.1 Å². The SMILES string of the molecule is CC1CCNC(C(=O)N[C@@H](C)c2ccc(Br)cc2)C1. The van der Waals surface area contributed by atoms with Crippen LogP contribution >= 0.6 is 15.9 Å². The van der Waals surface area contributed by atoms with Crippen LogP contribution in [0, 0.1) is 5.92 Å². The largest absolute Gasteiger partial charge is 0.348 e. The van der Waals surface area contributed by atoms with Gasteiger partial charge in [-0.2, -0.15) is 0 Å². The van der Waals surface area contributed by atoms with E-state index in [0.717, 1.165) is 29.4 Å². The highest BCUT2D eigenvalue weighted by Gasteiger charge is 2.25. The second-order valence-electron chi connectivity index (χ2n) is 5.42. The number of carbonyl (C=O) groups is 1. The molecule has 2 unspecified atom stereocenters. The molecule has 1 aliphatic heterocycles. The first-order valence-electron chi connectivity index (χ1n) is 6.85. The lowest BCUT2D eigenvalue weighted by atomic mass is 9.93. The summed E-state index contributed by atoms with van der Waals surface area (Å²) in [5, 5.41) is 6.38. The summed E-state index contributed by atoms with van der Waals surface area (Å²) in [6.45, 7) is 5.17. The number of benzene rings is 1. The van der Waals surface area contributed by atoms with E-state index in [0.29, 0.717) is 5.92 Å². The van der Waals surface area contributed by atoms with Crippen LogP contribution in [-0.2, 0) is 4.79 Å². The minimum absolute atomic E-state index is 0.0401. The third-order valence-electron chi connectivity index (χ3n) is 3.71. The minimum Gasteiger partial charge on any atom is -0.348 e. The molecule has 2 N–H and O–H groups in total. The van der Waals surface area contributed by atoms with E-state index < -0.39 is 0 Å². The van der Waals surface area contributed by atoms with Crippen molar-refractivity contribution in [3.8, 4) is 0 Å². The van der Waals surface area contributed by atoms with Gasteiger partial charge < -0.3 is 10.6 Å². The van der Waals surface area contributed by atoms with Gasteiger partial charge in [-0.25, -0.2) is 0 Å². The predicted octanol–water partition coefficient (Wildman–Crippen LogP) is 3.01. The summed E-state index contributed by atoms with van der Waals surface area (Å²) in [7, 11) is 0. The Balaban J connectivity index is 1.92.